The van der Waals surface area contributed by atoms with Crippen LogP contribution in [0.15, 0.2) is 24.4 Å². The molecule has 0 atom stereocenters. The molecule has 1 rings (SSSR count). The summed E-state index contributed by atoms with van der Waals surface area (Å²) in [5.41, 5.74) is 0.365. The molecule has 1 amide bonds. The van der Waals surface area contributed by atoms with Crippen LogP contribution in [-0.2, 0) is 0 Å². The van der Waals surface area contributed by atoms with Gasteiger partial charge in [0.25, 0.3) is 5.91 Å². The van der Waals surface area contributed by atoms with E-state index < -0.39 is 0 Å². The molecule has 4 nitrogen and oxygen atoms in total. The largest absolute Gasteiger partial charge is 0.396 e. The summed E-state index contributed by atoms with van der Waals surface area (Å²) in [6.45, 7) is 4.79. The lowest BCUT2D eigenvalue weighted by Crippen LogP contribution is -2.27. The maximum absolute atomic E-state index is 11.6. The molecule has 0 spiro atoms. The number of hydrogen-bond acceptors (Lipinski definition) is 3. The van der Waals surface area contributed by atoms with Crippen LogP contribution in [0.5, 0.6) is 0 Å². The van der Waals surface area contributed by atoms with Gasteiger partial charge in [-0.2, -0.15) is 0 Å². The summed E-state index contributed by atoms with van der Waals surface area (Å²) in [4.78, 5) is 15.6. The topological polar surface area (TPSA) is 62.2 Å². The third kappa shape index (κ3) is 4.95. The van der Waals surface area contributed by atoms with Gasteiger partial charge in [-0.3, -0.25) is 9.78 Å². The first-order valence-corrected chi connectivity index (χ1v) is 5.85. The average molecular weight is 236 g/mol. The predicted molar refractivity (Wildman–Crippen MR) is 66.7 cm³/mol. The fourth-order valence-electron chi connectivity index (χ4n) is 1.44. The number of aromatic nitrogens is 1. The van der Waals surface area contributed by atoms with Crippen LogP contribution in [0, 0.1) is 5.41 Å². The molecule has 0 aliphatic heterocycles. The molecule has 0 radical (unpaired) electrons. The van der Waals surface area contributed by atoms with E-state index in [2.05, 4.69) is 10.3 Å². The third-order valence-corrected chi connectivity index (χ3v) is 2.64. The molecule has 0 unspecified atom stereocenters. The smallest absolute Gasteiger partial charge is 0.269 e. The number of pyridine rings is 1. The van der Waals surface area contributed by atoms with E-state index in [1.807, 2.05) is 13.8 Å². The lowest BCUT2D eigenvalue weighted by atomic mass is 9.89. The highest BCUT2D eigenvalue weighted by molar-refractivity contribution is 5.92. The Kier molecular flexibility index (Phi) is 5.10. The van der Waals surface area contributed by atoms with E-state index in [0.717, 1.165) is 12.8 Å². The summed E-state index contributed by atoms with van der Waals surface area (Å²) in [6.07, 6.45) is 3.34. The number of carbonyl (C=O) groups is 1. The van der Waals surface area contributed by atoms with Gasteiger partial charge >= 0.3 is 0 Å². The number of amides is 1. The zero-order chi connectivity index (χ0) is 12.7. The molecule has 0 saturated carbocycles. The molecule has 0 saturated heterocycles. The predicted octanol–water partition coefficient (Wildman–Crippen LogP) is 1.61. The number of nitrogens with zero attached hydrogens (tertiary/aromatic N) is 1. The summed E-state index contributed by atoms with van der Waals surface area (Å²) < 4.78 is 0. The summed E-state index contributed by atoms with van der Waals surface area (Å²) >= 11 is 0. The van der Waals surface area contributed by atoms with Crippen molar-refractivity contribution in [3.8, 4) is 0 Å². The first-order valence-electron chi connectivity index (χ1n) is 5.85. The van der Waals surface area contributed by atoms with Gasteiger partial charge in [-0.25, -0.2) is 0 Å². The van der Waals surface area contributed by atoms with Gasteiger partial charge in [0, 0.05) is 19.3 Å². The minimum absolute atomic E-state index is 0.0737. The summed E-state index contributed by atoms with van der Waals surface area (Å²) in [7, 11) is 0. The lowest BCUT2D eigenvalue weighted by molar-refractivity contribution is 0.0943. The van der Waals surface area contributed by atoms with E-state index in [4.69, 9.17) is 5.11 Å². The van der Waals surface area contributed by atoms with Gasteiger partial charge in [0.1, 0.15) is 5.69 Å². The van der Waals surface area contributed by atoms with Crippen molar-refractivity contribution in [2.24, 2.45) is 5.41 Å². The van der Waals surface area contributed by atoms with Crippen LogP contribution in [0.3, 0.4) is 0 Å². The Balaban J connectivity index is 2.26. The van der Waals surface area contributed by atoms with Gasteiger partial charge in [0.05, 0.1) is 0 Å². The maximum atomic E-state index is 11.6. The summed E-state index contributed by atoms with van der Waals surface area (Å²) in [5.74, 6) is -0.146. The fourth-order valence-corrected chi connectivity index (χ4v) is 1.44. The molecule has 4 heteroatoms. The standard InChI is InChI=1S/C13H20N2O2/c1-13(2,10-16)7-5-9-15-12(17)11-6-3-4-8-14-11/h3-4,6,8,16H,5,7,9-10H2,1-2H3,(H,15,17). The number of hydrogen-bond donors (Lipinski definition) is 2. The lowest BCUT2D eigenvalue weighted by Gasteiger charge is -2.21. The van der Waals surface area contributed by atoms with E-state index in [9.17, 15) is 4.79 Å². The highest BCUT2D eigenvalue weighted by Crippen LogP contribution is 2.20. The van der Waals surface area contributed by atoms with E-state index in [1.165, 1.54) is 0 Å². The van der Waals surface area contributed by atoms with Crippen molar-refractivity contribution < 1.29 is 9.90 Å². The minimum atomic E-state index is -0.146. The van der Waals surface area contributed by atoms with Gasteiger partial charge in [-0.05, 0) is 30.4 Å². The second kappa shape index (κ2) is 6.35. The molecule has 1 aromatic heterocycles. The zero-order valence-corrected chi connectivity index (χ0v) is 10.4. The molecule has 2 N–H and O–H groups in total. The molecular weight excluding hydrogens is 216 g/mol. The number of aliphatic hydroxyl groups is 1. The Bertz CT molecular complexity index is 350. The number of carbonyl (C=O) groups excluding carboxylic acids is 1. The van der Waals surface area contributed by atoms with Gasteiger partial charge in [-0.1, -0.05) is 19.9 Å². The molecule has 0 bridgehead atoms. The Morgan fingerprint density at radius 1 is 1.47 bits per heavy atom. The van der Waals surface area contributed by atoms with E-state index >= 15 is 0 Å². The second-order valence-corrected chi connectivity index (χ2v) is 4.90. The molecule has 1 heterocycles. The fraction of sp³-hybridized carbons (Fsp3) is 0.538. The van der Waals surface area contributed by atoms with Crippen LogP contribution < -0.4 is 5.32 Å². The normalized spacial score (nSPS) is 11.2. The highest BCUT2D eigenvalue weighted by Gasteiger charge is 2.15. The van der Waals surface area contributed by atoms with Crippen LogP contribution in [0.4, 0.5) is 0 Å². The molecule has 0 aliphatic carbocycles. The summed E-state index contributed by atoms with van der Waals surface area (Å²) in [5, 5.41) is 11.9. The Labute approximate surface area is 102 Å². The van der Waals surface area contributed by atoms with Crippen molar-refractivity contribution in [1.82, 2.24) is 10.3 Å². The van der Waals surface area contributed by atoms with Crippen LogP contribution in [0.2, 0.25) is 0 Å². The monoisotopic (exact) mass is 236 g/mol. The molecule has 0 aliphatic rings. The van der Waals surface area contributed by atoms with E-state index in [0.29, 0.717) is 12.2 Å². The van der Waals surface area contributed by atoms with Crippen molar-refractivity contribution in [3.63, 3.8) is 0 Å². The first kappa shape index (κ1) is 13.6. The van der Waals surface area contributed by atoms with Crippen LogP contribution in [0.25, 0.3) is 0 Å². The average Bonchev–Trinajstić information content (AvgIpc) is 2.35. The van der Waals surface area contributed by atoms with E-state index in [1.54, 1.807) is 24.4 Å². The maximum Gasteiger partial charge on any atom is 0.269 e. The zero-order valence-electron chi connectivity index (χ0n) is 10.4. The molecule has 17 heavy (non-hydrogen) atoms. The third-order valence-electron chi connectivity index (χ3n) is 2.64. The summed E-state index contributed by atoms with van der Waals surface area (Å²) in [6, 6.07) is 5.25. The van der Waals surface area contributed by atoms with Gasteiger partial charge in [0.15, 0.2) is 0 Å². The van der Waals surface area contributed by atoms with Crippen molar-refractivity contribution in [2.75, 3.05) is 13.2 Å². The second-order valence-electron chi connectivity index (χ2n) is 4.90. The molecule has 0 aromatic carbocycles. The Morgan fingerprint density at radius 2 is 2.24 bits per heavy atom. The van der Waals surface area contributed by atoms with Gasteiger partial charge < -0.3 is 10.4 Å². The van der Waals surface area contributed by atoms with Crippen molar-refractivity contribution in [3.05, 3.63) is 30.1 Å². The number of rotatable bonds is 6. The SMILES string of the molecule is CC(C)(CO)CCCNC(=O)c1ccccn1. The Morgan fingerprint density at radius 3 is 2.82 bits per heavy atom. The van der Waals surface area contributed by atoms with Gasteiger partial charge in [-0.15, -0.1) is 0 Å². The molecule has 0 fully saturated rings. The van der Waals surface area contributed by atoms with E-state index in [-0.39, 0.29) is 17.9 Å². The number of aliphatic hydroxyl groups excluding tert-OH is 1. The van der Waals surface area contributed by atoms with Crippen LogP contribution >= 0.6 is 0 Å². The first-order chi connectivity index (χ1) is 8.05. The quantitative estimate of drug-likeness (QED) is 0.738. The minimum Gasteiger partial charge on any atom is -0.396 e. The molecule has 94 valence electrons. The van der Waals surface area contributed by atoms with Gasteiger partial charge in [0.2, 0.25) is 0 Å². The van der Waals surface area contributed by atoms with Crippen molar-refractivity contribution >= 4 is 5.91 Å². The van der Waals surface area contributed by atoms with Crippen LogP contribution in [-0.4, -0.2) is 29.1 Å². The van der Waals surface area contributed by atoms with Crippen LogP contribution in [0.1, 0.15) is 37.2 Å². The molecule has 1 aromatic rings. The Hall–Kier alpha value is -1.42. The number of nitrogens with one attached hydrogen (secondary N) is 1. The highest BCUT2D eigenvalue weighted by atomic mass is 16.3. The van der Waals surface area contributed by atoms with Crippen molar-refractivity contribution in [2.45, 2.75) is 26.7 Å². The molecular formula is C13H20N2O2. The van der Waals surface area contributed by atoms with Crippen molar-refractivity contribution in [1.29, 1.82) is 0 Å².